The molecule has 6 nitrogen and oxygen atoms in total. The summed E-state index contributed by atoms with van der Waals surface area (Å²) in [5, 5.41) is 9.98. The Balaban J connectivity index is 2.03. The number of rotatable bonds is 5. The van der Waals surface area contributed by atoms with Gasteiger partial charge in [-0.1, -0.05) is 49.6 Å². The van der Waals surface area contributed by atoms with Gasteiger partial charge < -0.3 is 0 Å². The average molecular weight is 340 g/mol. The van der Waals surface area contributed by atoms with Crippen LogP contribution in [-0.4, -0.2) is 11.0 Å². The first-order chi connectivity index (χ1) is 12.2. The maximum atomic E-state index is 13.2. The van der Waals surface area contributed by atoms with Crippen molar-refractivity contribution in [2.24, 2.45) is 5.92 Å². The Bertz CT molecular complexity index is 742. The van der Waals surface area contributed by atoms with Gasteiger partial charge in [-0.2, -0.15) is 0 Å². The summed E-state index contributed by atoms with van der Waals surface area (Å²) in [5.41, 5.74) is 1.07. The van der Waals surface area contributed by atoms with Gasteiger partial charge in [-0.25, -0.2) is 0 Å². The molecule has 0 saturated heterocycles. The van der Waals surface area contributed by atoms with Gasteiger partial charge in [-0.05, 0) is 37.1 Å². The standard InChI is InChI=1S/C19H20N2O4/c22-19(15-9-3-1-4-10-15)20(16-11-5-2-6-12-16)17-13-7-8-14-18(17)25-21(23)24/h2,5-8,11-15H,1,3-4,9-10H2. The van der Waals surface area contributed by atoms with Crippen LogP contribution in [0.1, 0.15) is 32.1 Å². The molecule has 6 heteroatoms. The van der Waals surface area contributed by atoms with Crippen LogP contribution in [0.5, 0.6) is 5.75 Å². The first-order valence-corrected chi connectivity index (χ1v) is 8.47. The molecule has 0 N–H and O–H groups in total. The Kier molecular flexibility index (Phi) is 5.28. The summed E-state index contributed by atoms with van der Waals surface area (Å²) in [4.78, 5) is 30.3. The molecule has 1 fully saturated rings. The summed E-state index contributed by atoms with van der Waals surface area (Å²) in [5.74, 6) is -0.0524. The van der Waals surface area contributed by atoms with Crippen LogP contribution in [-0.2, 0) is 4.79 Å². The van der Waals surface area contributed by atoms with E-state index in [1.165, 1.54) is 6.07 Å². The van der Waals surface area contributed by atoms with E-state index in [9.17, 15) is 14.9 Å². The van der Waals surface area contributed by atoms with E-state index >= 15 is 0 Å². The number of amides is 1. The minimum atomic E-state index is -0.854. The van der Waals surface area contributed by atoms with Crippen molar-refractivity contribution in [2.45, 2.75) is 32.1 Å². The summed E-state index contributed by atoms with van der Waals surface area (Å²) in [7, 11) is 0. The monoisotopic (exact) mass is 340 g/mol. The number of benzene rings is 2. The number of carbonyl (C=O) groups excluding carboxylic acids is 1. The van der Waals surface area contributed by atoms with E-state index < -0.39 is 5.09 Å². The second-order valence-electron chi connectivity index (χ2n) is 6.13. The fourth-order valence-electron chi connectivity index (χ4n) is 3.29. The topological polar surface area (TPSA) is 72.7 Å². The number of hydrogen-bond acceptors (Lipinski definition) is 4. The lowest BCUT2D eigenvalue weighted by molar-refractivity contribution is -0.710. The minimum absolute atomic E-state index is 0.0368. The Labute approximate surface area is 146 Å². The maximum absolute atomic E-state index is 13.2. The Morgan fingerprint density at radius 2 is 1.64 bits per heavy atom. The molecule has 1 saturated carbocycles. The third-order valence-electron chi connectivity index (χ3n) is 4.47. The van der Waals surface area contributed by atoms with E-state index in [1.807, 2.05) is 30.3 Å². The van der Waals surface area contributed by atoms with E-state index in [0.717, 1.165) is 32.1 Å². The Morgan fingerprint density at radius 1 is 1.00 bits per heavy atom. The molecule has 0 atom stereocenters. The minimum Gasteiger partial charge on any atom is -0.279 e. The molecule has 1 aliphatic rings. The molecular weight excluding hydrogens is 320 g/mol. The van der Waals surface area contributed by atoms with E-state index in [0.29, 0.717) is 11.4 Å². The van der Waals surface area contributed by atoms with E-state index in [-0.39, 0.29) is 17.6 Å². The van der Waals surface area contributed by atoms with Gasteiger partial charge in [0.2, 0.25) is 5.91 Å². The lowest BCUT2D eigenvalue weighted by atomic mass is 9.88. The van der Waals surface area contributed by atoms with Crippen molar-refractivity contribution in [3.63, 3.8) is 0 Å². The molecule has 0 radical (unpaired) electrons. The molecule has 130 valence electrons. The van der Waals surface area contributed by atoms with Crippen molar-refractivity contribution < 1.29 is 14.7 Å². The second-order valence-corrected chi connectivity index (χ2v) is 6.13. The van der Waals surface area contributed by atoms with Crippen LogP contribution >= 0.6 is 0 Å². The smallest absolute Gasteiger partial charge is 0.279 e. The molecule has 1 amide bonds. The molecule has 1 aliphatic carbocycles. The predicted octanol–water partition coefficient (Wildman–Crippen LogP) is 4.50. The molecule has 0 aromatic heterocycles. The van der Waals surface area contributed by atoms with Crippen LogP contribution in [0.4, 0.5) is 11.4 Å². The molecule has 0 heterocycles. The first-order valence-electron chi connectivity index (χ1n) is 8.47. The zero-order valence-corrected chi connectivity index (χ0v) is 13.8. The van der Waals surface area contributed by atoms with Crippen LogP contribution in [0.2, 0.25) is 0 Å². The Hall–Kier alpha value is -2.89. The van der Waals surface area contributed by atoms with Crippen LogP contribution in [0.25, 0.3) is 0 Å². The summed E-state index contributed by atoms with van der Waals surface area (Å²) in [6.45, 7) is 0. The normalized spacial score (nSPS) is 14.7. The number of hydrogen-bond donors (Lipinski definition) is 0. The van der Waals surface area contributed by atoms with Gasteiger partial charge in [0.1, 0.15) is 5.75 Å². The SMILES string of the molecule is O=C(C1CCCCC1)N(c1ccccc1)c1ccccc1O[N+](=O)[O-]. The largest absolute Gasteiger partial charge is 0.299 e. The van der Waals surface area contributed by atoms with Crippen LogP contribution in [0.15, 0.2) is 54.6 Å². The van der Waals surface area contributed by atoms with E-state index in [4.69, 9.17) is 4.84 Å². The molecule has 25 heavy (non-hydrogen) atoms. The quantitative estimate of drug-likeness (QED) is 0.593. The van der Waals surface area contributed by atoms with Gasteiger partial charge >= 0.3 is 0 Å². The van der Waals surface area contributed by atoms with Gasteiger partial charge in [0.05, 0.1) is 5.69 Å². The van der Waals surface area contributed by atoms with Gasteiger partial charge in [0.15, 0.2) is 0 Å². The lowest BCUT2D eigenvalue weighted by Gasteiger charge is -2.30. The van der Waals surface area contributed by atoms with Gasteiger partial charge in [0, 0.05) is 11.6 Å². The molecule has 2 aromatic carbocycles. The summed E-state index contributed by atoms with van der Waals surface area (Å²) in [6.07, 6.45) is 4.91. The van der Waals surface area contributed by atoms with Crippen molar-refractivity contribution in [3.05, 3.63) is 64.7 Å². The van der Waals surface area contributed by atoms with Crippen molar-refractivity contribution in [1.29, 1.82) is 0 Å². The summed E-state index contributed by atoms with van der Waals surface area (Å²) in [6, 6.07) is 15.8. The highest BCUT2D eigenvalue weighted by Crippen LogP contribution is 2.37. The lowest BCUT2D eigenvalue weighted by Crippen LogP contribution is -2.34. The maximum Gasteiger partial charge on any atom is 0.299 e. The molecule has 0 aliphatic heterocycles. The fraction of sp³-hybridized carbons (Fsp3) is 0.316. The van der Waals surface area contributed by atoms with E-state index in [2.05, 4.69) is 0 Å². The van der Waals surface area contributed by atoms with Gasteiger partial charge in [-0.15, -0.1) is 10.1 Å². The highest BCUT2D eigenvalue weighted by atomic mass is 17.0. The first kappa shape index (κ1) is 17.0. The molecule has 2 aromatic rings. The summed E-state index contributed by atoms with van der Waals surface area (Å²) >= 11 is 0. The zero-order chi connectivity index (χ0) is 17.6. The third-order valence-corrected chi connectivity index (χ3v) is 4.47. The third kappa shape index (κ3) is 3.96. The van der Waals surface area contributed by atoms with Crippen molar-refractivity contribution >= 4 is 17.3 Å². The van der Waals surface area contributed by atoms with Gasteiger partial charge in [-0.3, -0.25) is 14.5 Å². The molecule has 3 rings (SSSR count). The van der Waals surface area contributed by atoms with Crippen molar-refractivity contribution in [1.82, 2.24) is 0 Å². The number of para-hydroxylation sites is 3. The highest BCUT2D eigenvalue weighted by Gasteiger charge is 2.29. The predicted molar refractivity (Wildman–Crippen MR) is 94.2 cm³/mol. The highest BCUT2D eigenvalue weighted by molar-refractivity contribution is 6.03. The van der Waals surface area contributed by atoms with Crippen LogP contribution < -0.4 is 9.74 Å². The Morgan fingerprint density at radius 3 is 2.32 bits per heavy atom. The van der Waals surface area contributed by atoms with Gasteiger partial charge in [0.25, 0.3) is 5.09 Å². The molecular formula is C19H20N2O4. The van der Waals surface area contributed by atoms with E-state index in [1.54, 1.807) is 23.1 Å². The molecule has 0 bridgehead atoms. The fourth-order valence-corrected chi connectivity index (χ4v) is 3.29. The molecule has 0 unspecified atom stereocenters. The molecule has 0 spiro atoms. The number of nitrogens with zero attached hydrogens (tertiary/aromatic N) is 2. The van der Waals surface area contributed by atoms with Crippen molar-refractivity contribution in [3.8, 4) is 5.75 Å². The summed E-state index contributed by atoms with van der Waals surface area (Å²) < 4.78 is 0. The van der Waals surface area contributed by atoms with Crippen LogP contribution in [0.3, 0.4) is 0 Å². The van der Waals surface area contributed by atoms with Crippen molar-refractivity contribution in [2.75, 3.05) is 4.90 Å². The number of carbonyl (C=O) groups is 1. The van der Waals surface area contributed by atoms with Crippen LogP contribution in [0, 0.1) is 16.0 Å². The average Bonchev–Trinajstić information content (AvgIpc) is 2.64. The zero-order valence-electron chi connectivity index (χ0n) is 13.8. The second kappa shape index (κ2) is 7.79. The number of anilines is 2.